The van der Waals surface area contributed by atoms with Crippen molar-refractivity contribution in [2.75, 3.05) is 12.8 Å². The Morgan fingerprint density at radius 3 is 2.56 bits per heavy atom. The maximum Gasteiger partial charge on any atom is 0.0940 e. The van der Waals surface area contributed by atoms with E-state index in [0.717, 1.165) is 6.16 Å². The summed E-state index contributed by atoms with van der Waals surface area (Å²) in [4.78, 5) is 0. The van der Waals surface area contributed by atoms with Crippen molar-refractivity contribution >= 4 is 7.14 Å². The molecule has 2 aliphatic rings. The molecule has 2 fully saturated rings. The summed E-state index contributed by atoms with van der Waals surface area (Å²) in [7, 11) is -1.77. The standard InChI is InChI=1S/C6H11O2P/c1-4-6-5(8-6)3-9(4,2)7/h4-6H,3H2,1-2H3/t4-,5+,6-,9+/m1/s1. The van der Waals surface area contributed by atoms with E-state index in [2.05, 4.69) is 0 Å². The fourth-order valence-electron chi connectivity index (χ4n) is 1.56. The highest BCUT2D eigenvalue weighted by atomic mass is 31.2. The predicted molar refractivity (Wildman–Crippen MR) is 36.5 cm³/mol. The molecular weight excluding hydrogens is 135 g/mol. The summed E-state index contributed by atoms with van der Waals surface area (Å²) in [6, 6.07) is 0. The zero-order chi connectivity index (χ0) is 6.65. The van der Waals surface area contributed by atoms with Gasteiger partial charge in [0.25, 0.3) is 0 Å². The first-order chi connectivity index (χ1) is 4.11. The van der Waals surface area contributed by atoms with Crippen LogP contribution in [0.3, 0.4) is 0 Å². The van der Waals surface area contributed by atoms with Gasteiger partial charge in [0.2, 0.25) is 0 Å². The first-order valence-corrected chi connectivity index (χ1v) is 5.74. The molecule has 0 saturated carbocycles. The molecule has 3 heteroatoms. The lowest BCUT2D eigenvalue weighted by Crippen LogP contribution is -2.05. The van der Waals surface area contributed by atoms with E-state index in [0.29, 0.717) is 17.9 Å². The van der Waals surface area contributed by atoms with Crippen LogP contribution < -0.4 is 0 Å². The lowest BCUT2D eigenvalue weighted by Gasteiger charge is -2.12. The molecule has 9 heavy (non-hydrogen) atoms. The molecule has 0 radical (unpaired) electrons. The van der Waals surface area contributed by atoms with Gasteiger partial charge in [-0.2, -0.15) is 0 Å². The lowest BCUT2D eigenvalue weighted by atomic mass is 10.3. The average molecular weight is 146 g/mol. The third-order valence-corrected chi connectivity index (χ3v) is 5.60. The Morgan fingerprint density at radius 2 is 2.33 bits per heavy atom. The number of hydrogen-bond donors (Lipinski definition) is 0. The second-order valence-corrected chi connectivity index (χ2v) is 6.76. The minimum atomic E-state index is -1.77. The molecule has 0 bridgehead atoms. The molecule has 0 aromatic carbocycles. The SMILES string of the molecule is C[C@@H]1[C@H]2O[C@H]2C[P@]1(C)=O. The van der Waals surface area contributed by atoms with Crippen LogP contribution in [0, 0.1) is 0 Å². The number of fused-ring (bicyclic) bond motifs is 1. The van der Waals surface area contributed by atoms with Crippen LogP contribution >= 0.6 is 7.14 Å². The van der Waals surface area contributed by atoms with Crippen molar-refractivity contribution in [3.63, 3.8) is 0 Å². The average Bonchev–Trinajstić information content (AvgIpc) is 2.39. The van der Waals surface area contributed by atoms with E-state index in [1.165, 1.54) is 0 Å². The van der Waals surface area contributed by atoms with Crippen molar-refractivity contribution in [3.8, 4) is 0 Å². The Hall–Kier alpha value is 0.190. The zero-order valence-electron chi connectivity index (χ0n) is 5.70. The zero-order valence-corrected chi connectivity index (χ0v) is 6.60. The second-order valence-electron chi connectivity index (χ2n) is 3.24. The number of hydrogen-bond acceptors (Lipinski definition) is 2. The minimum absolute atomic E-state index is 0.336. The highest BCUT2D eigenvalue weighted by molar-refractivity contribution is 7.64. The molecule has 0 spiro atoms. The van der Waals surface area contributed by atoms with Gasteiger partial charge in [-0.25, -0.2) is 0 Å². The highest BCUT2D eigenvalue weighted by Gasteiger charge is 2.57. The van der Waals surface area contributed by atoms with Crippen molar-refractivity contribution in [2.24, 2.45) is 0 Å². The number of rotatable bonds is 0. The summed E-state index contributed by atoms with van der Waals surface area (Å²) in [6.45, 7) is 3.94. The molecule has 0 amide bonds. The summed E-state index contributed by atoms with van der Waals surface area (Å²) in [5.41, 5.74) is 0.336. The van der Waals surface area contributed by atoms with Gasteiger partial charge in [0.1, 0.15) is 0 Å². The molecule has 0 N–H and O–H groups in total. The van der Waals surface area contributed by atoms with Crippen LogP contribution in [-0.4, -0.2) is 30.7 Å². The van der Waals surface area contributed by atoms with E-state index in [1.807, 2.05) is 13.6 Å². The summed E-state index contributed by atoms with van der Waals surface area (Å²) >= 11 is 0. The molecule has 0 aromatic rings. The van der Waals surface area contributed by atoms with Crippen molar-refractivity contribution in [2.45, 2.75) is 24.8 Å². The predicted octanol–water partition coefficient (Wildman–Crippen LogP) is 1.15. The van der Waals surface area contributed by atoms with Gasteiger partial charge in [-0.1, -0.05) is 6.92 Å². The van der Waals surface area contributed by atoms with Gasteiger partial charge in [-0.3, -0.25) is 0 Å². The van der Waals surface area contributed by atoms with Crippen molar-refractivity contribution in [1.82, 2.24) is 0 Å². The van der Waals surface area contributed by atoms with E-state index < -0.39 is 7.14 Å². The quantitative estimate of drug-likeness (QED) is 0.379. The van der Waals surface area contributed by atoms with Gasteiger partial charge in [0.15, 0.2) is 0 Å². The van der Waals surface area contributed by atoms with E-state index in [-0.39, 0.29) is 0 Å². The molecule has 2 heterocycles. The normalized spacial score (nSPS) is 63.6. The maximum absolute atomic E-state index is 11.5. The topological polar surface area (TPSA) is 29.6 Å². The van der Waals surface area contributed by atoms with Gasteiger partial charge in [0, 0.05) is 11.8 Å². The molecule has 2 nitrogen and oxygen atoms in total. The molecule has 52 valence electrons. The third-order valence-electron chi connectivity index (χ3n) is 2.50. The molecule has 0 aliphatic carbocycles. The van der Waals surface area contributed by atoms with E-state index in [4.69, 9.17) is 4.74 Å². The Morgan fingerprint density at radius 1 is 1.67 bits per heavy atom. The molecular formula is C6H11O2P. The summed E-state index contributed by atoms with van der Waals surface area (Å²) in [6.07, 6.45) is 1.57. The molecule has 2 saturated heterocycles. The highest BCUT2D eigenvalue weighted by Crippen LogP contribution is 2.61. The van der Waals surface area contributed by atoms with Crippen LogP contribution in [0.15, 0.2) is 0 Å². The fraction of sp³-hybridized carbons (Fsp3) is 1.00. The fourth-order valence-corrected chi connectivity index (χ4v) is 3.79. The number of epoxide rings is 1. The van der Waals surface area contributed by atoms with E-state index in [1.54, 1.807) is 0 Å². The monoisotopic (exact) mass is 146 g/mol. The maximum atomic E-state index is 11.5. The second kappa shape index (κ2) is 1.43. The van der Waals surface area contributed by atoms with E-state index >= 15 is 0 Å². The Labute approximate surface area is 55.0 Å². The van der Waals surface area contributed by atoms with Crippen LogP contribution in [0.25, 0.3) is 0 Å². The van der Waals surface area contributed by atoms with Crippen LogP contribution in [0.5, 0.6) is 0 Å². The first-order valence-electron chi connectivity index (χ1n) is 3.33. The molecule has 2 rings (SSSR count). The van der Waals surface area contributed by atoms with Gasteiger partial charge < -0.3 is 9.30 Å². The Kier molecular flexibility index (Phi) is 0.945. The van der Waals surface area contributed by atoms with Crippen LogP contribution in [0.1, 0.15) is 6.92 Å². The van der Waals surface area contributed by atoms with E-state index in [9.17, 15) is 4.57 Å². The molecule has 0 aromatic heterocycles. The van der Waals surface area contributed by atoms with Gasteiger partial charge in [0.05, 0.1) is 19.3 Å². The lowest BCUT2D eigenvalue weighted by molar-refractivity contribution is 0.363. The molecule has 0 unspecified atom stereocenters. The summed E-state index contributed by atoms with van der Waals surface area (Å²) in [5.74, 6) is 0. The minimum Gasteiger partial charge on any atom is -0.368 e. The van der Waals surface area contributed by atoms with Crippen molar-refractivity contribution in [1.29, 1.82) is 0 Å². The van der Waals surface area contributed by atoms with Gasteiger partial charge >= 0.3 is 0 Å². The Balaban J connectivity index is 2.26. The third kappa shape index (κ3) is 0.699. The van der Waals surface area contributed by atoms with Crippen LogP contribution in [-0.2, 0) is 9.30 Å². The first kappa shape index (κ1) is 5.94. The van der Waals surface area contributed by atoms with Crippen LogP contribution in [0.4, 0.5) is 0 Å². The number of ether oxygens (including phenoxy) is 1. The molecule has 4 atom stereocenters. The molecule has 2 aliphatic heterocycles. The Bertz CT molecular complexity index is 189. The smallest absolute Gasteiger partial charge is 0.0940 e. The largest absolute Gasteiger partial charge is 0.368 e. The van der Waals surface area contributed by atoms with Gasteiger partial charge in [-0.15, -0.1) is 0 Å². The summed E-state index contributed by atoms with van der Waals surface area (Å²) in [5, 5.41) is 0. The van der Waals surface area contributed by atoms with Gasteiger partial charge in [-0.05, 0) is 6.66 Å². The van der Waals surface area contributed by atoms with Crippen LogP contribution in [0.2, 0.25) is 0 Å². The van der Waals surface area contributed by atoms with Crippen molar-refractivity contribution in [3.05, 3.63) is 0 Å². The van der Waals surface area contributed by atoms with Crippen molar-refractivity contribution < 1.29 is 9.30 Å². The summed E-state index contributed by atoms with van der Waals surface area (Å²) < 4.78 is 16.7.